The Labute approximate surface area is 146 Å². The lowest BCUT2D eigenvalue weighted by Gasteiger charge is -2.17. The standard InChI is InChI=1S/C16H21N3O3S2/c1-18(2)24(21,22)15-10-9-14(23-15)11-17-16(20)19(3)12-13-7-5-4-6-8-13/h4-10H,11-12H2,1-3H3,(H,17,20). The van der Waals surface area contributed by atoms with E-state index in [9.17, 15) is 13.2 Å². The Morgan fingerprint density at radius 3 is 2.38 bits per heavy atom. The molecule has 2 aromatic rings. The molecule has 2 amide bonds. The number of carbonyl (C=O) groups excluding carboxylic acids is 1. The van der Waals surface area contributed by atoms with Crippen molar-refractivity contribution in [2.24, 2.45) is 0 Å². The zero-order valence-electron chi connectivity index (χ0n) is 13.9. The molecule has 0 aliphatic rings. The van der Waals surface area contributed by atoms with E-state index in [1.165, 1.54) is 18.4 Å². The van der Waals surface area contributed by atoms with Gasteiger partial charge in [-0.25, -0.2) is 17.5 Å². The van der Waals surface area contributed by atoms with Gasteiger partial charge in [-0.15, -0.1) is 11.3 Å². The maximum atomic E-state index is 12.1. The largest absolute Gasteiger partial charge is 0.333 e. The molecular formula is C16H21N3O3S2. The van der Waals surface area contributed by atoms with Crippen molar-refractivity contribution in [1.29, 1.82) is 0 Å². The lowest BCUT2D eigenvalue weighted by molar-refractivity contribution is 0.206. The van der Waals surface area contributed by atoms with Crippen LogP contribution in [0.15, 0.2) is 46.7 Å². The van der Waals surface area contributed by atoms with Crippen molar-refractivity contribution < 1.29 is 13.2 Å². The van der Waals surface area contributed by atoms with Crippen molar-refractivity contribution in [3.8, 4) is 0 Å². The zero-order chi connectivity index (χ0) is 17.7. The molecule has 2 rings (SSSR count). The first-order valence-electron chi connectivity index (χ1n) is 7.35. The van der Waals surface area contributed by atoms with E-state index in [-0.39, 0.29) is 10.2 Å². The minimum absolute atomic E-state index is 0.204. The van der Waals surface area contributed by atoms with Gasteiger partial charge in [0.05, 0.1) is 6.54 Å². The highest BCUT2D eigenvalue weighted by Gasteiger charge is 2.19. The summed E-state index contributed by atoms with van der Waals surface area (Å²) in [5.41, 5.74) is 1.05. The lowest BCUT2D eigenvalue weighted by Crippen LogP contribution is -2.36. The number of nitrogens with one attached hydrogen (secondary N) is 1. The van der Waals surface area contributed by atoms with Gasteiger partial charge in [-0.1, -0.05) is 30.3 Å². The molecule has 0 saturated heterocycles. The first-order chi connectivity index (χ1) is 11.3. The molecule has 0 bridgehead atoms. The Balaban J connectivity index is 1.91. The molecule has 6 nitrogen and oxygen atoms in total. The average molecular weight is 367 g/mol. The summed E-state index contributed by atoms with van der Waals surface area (Å²) in [6.45, 7) is 0.808. The van der Waals surface area contributed by atoms with Crippen LogP contribution in [-0.2, 0) is 23.1 Å². The highest BCUT2D eigenvalue weighted by molar-refractivity contribution is 7.91. The van der Waals surface area contributed by atoms with E-state index >= 15 is 0 Å². The second-order valence-corrected chi connectivity index (χ2v) is 9.06. The highest BCUT2D eigenvalue weighted by Crippen LogP contribution is 2.23. The predicted molar refractivity (Wildman–Crippen MR) is 95.3 cm³/mol. The fourth-order valence-corrected chi connectivity index (χ4v) is 4.46. The van der Waals surface area contributed by atoms with Crippen LogP contribution in [0.2, 0.25) is 0 Å². The highest BCUT2D eigenvalue weighted by atomic mass is 32.2. The van der Waals surface area contributed by atoms with Gasteiger partial charge in [-0.3, -0.25) is 0 Å². The summed E-state index contributed by atoms with van der Waals surface area (Å²) in [7, 11) is 1.29. The molecule has 0 saturated carbocycles. The first-order valence-corrected chi connectivity index (χ1v) is 9.60. The molecule has 0 aliphatic carbocycles. The smallest absolute Gasteiger partial charge is 0.317 e. The van der Waals surface area contributed by atoms with Crippen LogP contribution in [0, 0.1) is 0 Å². The van der Waals surface area contributed by atoms with Gasteiger partial charge in [0.15, 0.2) is 0 Å². The van der Waals surface area contributed by atoms with Gasteiger partial charge >= 0.3 is 6.03 Å². The molecule has 1 aromatic carbocycles. The Morgan fingerprint density at radius 1 is 1.08 bits per heavy atom. The Bertz CT molecular complexity index is 786. The topological polar surface area (TPSA) is 69.7 Å². The van der Waals surface area contributed by atoms with E-state index < -0.39 is 10.0 Å². The second kappa shape index (κ2) is 7.78. The van der Waals surface area contributed by atoms with E-state index in [2.05, 4.69) is 5.32 Å². The van der Waals surface area contributed by atoms with Gasteiger partial charge in [0.25, 0.3) is 10.0 Å². The number of nitrogens with zero attached hydrogens (tertiary/aromatic N) is 2. The van der Waals surface area contributed by atoms with Gasteiger partial charge in [-0.2, -0.15) is 0 Å². The van der Waals surface area contributed by atoms with Crippen LogP contribution in [0.3, 0.4) is 0 Å². The summed E-state index contributed by atoms with van der Waals surface area (Å²) in [6.07, 6.45) is 0. The number of rotatable bonds is 6. The molecule has 1 N–H and O–H groups in total. The van der Waals surface area contributed by atoms with Crippen molar-refractivity contribution in [1.82, 2.24) is 14.5 Å². The summed E-state index contributed by atoms with van der Waals surface area (Å²) in [4.78, 5) is 14.5. The number of carbonyl (C=O) groups is 1. The van der Waals surface area contributed by atoms with Crippen LogP contribution in [0.1, 0.15) is 10.4 Å². The van der Waals surface area contributed by atoms with Gasteiger partial charge in [0.2, 0.25) is 0 Å². The fraction of sp³-hybridized carbons (Fsp3) is 0.312. The van der Waals surface area contributed by atoms with Crippen molar-refractivity contribution in [2.75, 3.05) is 21.1 Å². The van der Waals surface area contributed by atoms with Crippen LogP contribution >= 0.6 is 11.3 Å². The average Bonchev–Trinajstić information content (AvgIpc) is 3.03. The molecule has 0 atom stereocenters. The van der Waals surface area contributed by atoms with Crippen LogP contribution < -0.4 is 5.32 Å². The molecular weight excluding hydrogens is 346 g/mol. The number of sulfonamides is 1. The van der Waals surface area contributed by atoms with Crippen LogP contribution in [-0.4, -0.2) is 44.8 Å². The monoisotopic (exact) mass is 367 g/mol. The maximum Gasteiger partial charge on any atom is 0.317 e. The third kappa shape index (κ3) is 4.56. The minimum Gasteiger partial charge on any atom is -0.333 e. The van der Waals surface area contributed by atoms with Crippen molar-refractivity contribution in [3.63, 3.8) is 0 Å². The van der Waals surface area contributed by atoms with Gasteiger partial charge in [0.1, 0.15) is 4.21 Å². The maximum absolute atomic E-state index is 12.1. The number of thiophene rings is 1. The normalized spacial score (nSPS) is 11.5. The summed E-state index contributed by atoms with van der Waals surface area (Å²) in [5.74, 6) is 0. The molecule has 0 radical (unpaired) electrons. The molecule has 0 fully saturated rings. The van der Waals surface area contributed by atoms with E-state index in [1.807, 2.05) is 30.3 Å². The molecule has 8 heteroatoms. The third-order valence-electron chi connectivity index (χ3n) is 3.40. The molecule has 0 spiro atoms. The molecule has 0 unspecified atom stereocenters. The second-order valence-electron chi connectivity index (χ2n) is 5.51. The van der Waals surface area contributed by atoms with Gasteiger partial charge < -0.3 is 10.2 Å². The molecule has 24 heavy (non-hydrogen) atoms. The molecule has 1 aromatic heterocycles. The summed E-state index contributed by atoms with van der Waals surface area (Å²) < 4.78 is 25.5. The summed E-state index contributed by atoms with van der Waals surface area (Å²) in [5, 5.41) is 2.80. The summed E-state index contributed by atoms with van der Waals surface area (Å²) >= 11 is 1.16. The lowest BCUT2D eigenvalue weighted by atomic mass is 10.2. The van der Waals surface area contributed by atoms with E-state index in [4.69, 9.17) is 0 Å². The van der Waals surface area contributed by atoms with E-state index in [0.717, 1.165) is 21.8 Å². The number of hydrogen-bond acceptors (Lipinski definition) is 4. The number of amides is 2. The summed E-state index contributed by atoms with van der Waals surface area (Å²) in [6, 6.07) is 12.8. The van der Waals surface area contributed by atoms with Crippen molar-refractivity contribution in [3.05, 3.63) is 52.9 Å². The number of urea groups is 1. The molecule has 1 heterocycles. The number of benzene rings is 1. The van der Waals surface area contributed by atoms with E-state index in [0.29, 0.717) is 13.1 Å². The quantitative estimate of drug-likeness (QED) is 0.852. The third-order valence-corrected chi connectivity index (χ3v) is 6.76. The van der Waals surface area contributed by atoms with Crippen molar-refractivity contribution in [2.45, 2.75) is 17.3 Å². The molecule has 0 aliphatic heterocycles. The predicted octanol–water partition coefficient (Wildman–Crippen LogP) is 2.34. The van der Waals surface area contributed by atoms with Gasteiger partial charge in [-0.05, 0) is 17.7 Å². The fourth-order valence-electron chi connectivity index (χ4n) is 2.00. The Morgan fingerprint density at radius 2 is 1.75 bits per heavy atom. The van der Waals surface area contributed by atoms with Crippen molar-refractivity contribution >= 4 is 27.4 Å². The number of hydrogen-bond donors (Lipinski definition) is 1. The Kier molecular flexibility index (Phi) is 5.98. The van der Waals surface area contributed by atoms with Crippen LogP contribution in [0.5, 0.6) is 0 Å². The van der Waals surface area contributed by atoms with E-state index in [1.54, 1.807) is 24.1 Å². The first kappa shape index (κ1) is 18.4. The van der Waals surface area contributed by atoms with Crippen LogP contribution in [0.4, 0.5) is 4.79 Å². The zero-order valence-corrected chi connectivity index (χ0v) is 15.5. The molecule has 130 valence electrons. The minimum atomic E-state index is -3.42. The van der Waals surface area contributed by atoms with Gasteiger partial charge in [0, 0.05) is 32.6 Å². The Hall–Kier alpha value is -1.90. The van der Waals surface area contributed by atoms with Crippen LogP contribution in [0.25, 0.3) is 0 Å². The SMILES string of the molecule is CN(Cc1ccccc1)C(=O)NCc1ccc(S(=O)(=O)N(C)C)s1.